The van der Waals surface area contributed by atoms with E-state index < -0.39 is 0 Å². The average Bonchev–Trinajstić information content (AvgIpc) is 2.89. The third kappa shape index (κ3) is 3.22. The predicted molar refractivity (Wildman–Crippen MR) is 110 cm³/mol. The molecule has 2 saturated heterocycles. The highest BCUT2D eigenvalue weighted by molar-refractivity contribution is 7.99. The Kier molecular flexibility index (Phi) is 4.07. The lowest BCUT2D eigenvalue weighted by molar-refractivity contribution is 0.241. The number of aromatic hydroxyl groups is 1. The molecule has 2 bridgehead atoms. The Morgan fingerprint density at radius 3 is 2.57 bits per heavy atom. The van der Waals surface area contributed by atoms with Crippen LogP contribution in [-0.4, -0.2) is 41.6 Å². The van der Waals surface area contributed by atoms with Gasteiger partial charge in [0.15, 0.2) is 5.82 Å². The highest BCUT2D eigenvalue weighted by atomic mass is 32.2. The molecule has 2 aliphatic heterocycles. The summed E-state index contributed by atoms with van der Waals surface area (Å²) in [4.78, 5) is 8.57. The number of nitrogens with one attached hydrogen (secondary N) is 1. The molecule has 5 rings (SSSR count). The topological polar surface area (TPSA) is 83.8 Å². The lowest BCUT2D eigenvalue weighted by Gasteiger charge is -2.41. The predicted octanol–water partition coefficient (Wildman–Crippen LogP) is 3.95. The Bertz CT molecular complexity index is 1020. The summed E-state index contributed by atoms with van der Waals surface area (Å²) in [5, 5.41) is 26.1. The summed E-state index contributed by atoms with van der Waals surface area (Å²) in [6.07, 6.45) is 9.98. The number of hydrogen-bond acceptors (Lipinski definition) is 7. The van der Waals surface area contributed by atoms with Gasteiger partial charge in [-0.2, -0.15) is 0 Å². The van der Waals surface area contributed by atoms with Crippen molar-refractivity contribution in [3.05, 3.63) is 36.8 Å². The van der Waals surface area contributed by atoms with Gasteiger partial charge < -0.3 is 10.4 Å². The van der Waals surface area contributed by atoms with Crippen LogP contribution in [0.3, 0.4) is 0 Å². The average molecular weight is 394 g/mol. The van der Waals surface area contributed by atoms with Crippen LogP contribution in [0.25, 0.3) is 22.2 Å². The van der Waals surface area contributed by atoms with Crippen LogP contribution in [0.2, 0.25) is 0 Å². The van der Waals surface area contributed by atoms with Gasteiger partial charge in [0.05, 0.1) is 11.8 Å². The number of nitrogens with zero attached hydrogens (tertiary/aromatic N) is 4. The standard InChI is InChI=1S/C21H23N5OS/c1-20-4-5-21(2,26-20)10-15(9-20)28-18-12-23-19(25-24-18)16-7-13-3-6-22-11-14(13)8-17(16)27/h3,6-8,11-12,15,26-27H,4-5,9-10H2,1-2H3/t15-,20-,21+. The summed E-state index contributed by atoms with van der Waals surface area (Å²) in [5.74, 6) is 0.573. The third-order valence-electron chi connectivity index (χ3n) is 6.01. The summed E-state index contributed by atoms with van der Waals surface area (Å²) in [6, 6.07) is 5.47. The first kappa shape index (κ1) is 17.8. The summed E-state index contributed by atoms with van der Waals surface area (Å²) in [7, 11) is 0. The van der Waals surface area contributed by atoms with Crippen molar-refractivity contribution in [2.24, 2.45) is 0 Å². The number of hydrogen-bond donors (Lipinski definition) is 2. The molecule has 0 radical (unpaired) electrons. The Morgan fingerprint density at radius 2 is 1.86 bits per heavy atom. The monoisotopic (exact) mass is 393 g/mol. The molecule has 2 aromatic heterocycles. The van der Waals surface area contributed by atoms with Crippen molar-refractivity contribution in [3.63, 3.8) is 0 Å². The molecule has 0 unspecified atom stereocenters. The van der Waals surface area contributed by atoms with Gasteiger partial charge in [-0.25, -0.2) is 4.98 Å². The molecule has 4 heterocycles. The maximum Gasteiger partial charge on any atom is 0.185 e. The van der Waals surface area contributed by atoms with E-state index in [0.717, 1.165) is 28.6 Å². The van der Waals surface area contributed by atoms with Crippen LogP contribution in [0, 0.1) is 0 Å². The Hall–Kier alpha value is -2.25. The molecular weight excluding hydrogens is 370 g/mol. The number of phenols is 1. The van der Waals surface area contributed by atoms with Crippen molar-refractivity contribution in [1.29, 1.82) is 0 Å². The van der Waals surface area contributed by atoms with Crippen molar-refractivity contribution >= 4 is 22.5 Å². The second-order valence-electron chi connectivity index (χ2n) is 8.61. The molecule has 0 amide bonds. The highest BCUT2D eigenvalue weighted by Crippen LogP contribution is 2.46. The maximum atomic E-state index is 10.4. The third-order valence-corrected chi connectivity index (χ3v) is 7.11. The molecule has 3 aromatic rings. The molecular formula is C21H23N5OS. The van der Waals surface area contributed by atoms with E-state index in [9.17, 15) is 5.11 Å². The van der Waals surface area contributed by atoms with Crippen LogP contribution >= 0.6 is 11.8 Å². The van der Waals surface area contributed by atoms with Crippen LogP contribution in [0.1, 0.15) is 39.5 Å². The number of phenolic OH excluding ortho intramolecular Hbond substituents is 1. The molecule has 0 spiro atoms. The van der Waals surface area contributed by atoms with Gasteiger partial charge in [-0.1, -0.05) is 11.8 Å². The maximum absolute atomic E-state index is 10.4. The quantitative estimate of drug-likeness (QED) is 0.697. The SMILES string of the molecule is C[C@]12CC[C@](C)(C[C@@H](Sc3cnc(-c4cc5ccncc5cc4O)nn3)C1)N2. The van der Waals surface area contributed by atoms with E-state index in [1.54, 1.807) is 36.4 Å². The van der Waals surface area contributed by atoms with E-state index in [4.69, 9.17) is 0 Å². The van der Waals surface area contributed by atoms with Crippen LogP contribution in [0.5, 0.6) is 5.75 Å². The van der Waals surface area contributed by atoms with E-state index in [2.05, 4.69) is 39.3 Å². The van der Waals surface area contributed by atoms with Crippen LogP contribution < -0.4 is 5.32 Å². The smallest absolute Gasteiger partial charge is 0.185 e. The fourth-order valence-electron chi connectivity index (χ4n) is 4.79. The Balaban J connectivity index is 1.37. The van der Waals surface area contributed by atoms with Gasteiger partial charge in [-0.05, 0) is 63.1 Å². The number of piperidine rings is 1. The molecule has 3 atom stereocenters. The highest BCUT2D eigenvalue weighted by Gasteiger charge is 2.48. The normalized spacial score (nSPS) is 29.3. The van der Waals surface area contributed by atoms with Gasteiger partial charge in [0.2, 0.25) is 0 Å². The first-order valence-electron chi connectivity index (χ1n) is 9.64. The van der Waals surface area contributed by atoms with Crippen molar-refractivity contribution in [2.75, 3.05) is 0 Å². The Morgan fingerprint density at radius 1 is 1.07 bits per heavy atom. The number of thioether (sulfide) groups is 1. The van der Waals surface area contributed by atoms with Crippen molar-refractivity contribution < 1.29 is 5.11 Å². The zero-order valence-corrected chi connectivity index (χ0v) is 16.8. The molecule has 28 heavy (non-hydrogen) atoms. The number of pyridine rings is 1. The molecule has 1 aromatic carbocycles. The van der Waals surface area contributed by atoms with Gasteiger partial charge in [-0.15, -0.1) is 10.2 Å². The molecule has 0 saturated carbocycles. The minimum atomic E-state index is 0.137. The number of aromatic nitrogens is 4. The summed E-state index contributed by atoms with van der Waals surface area (Å²) < 4.78 is 0. The summed E-state index contributed by atoms with van der Waals surface area (Å²) >= 11 is 1.77. The molecule has 2 N–H and O–H groups in total. The van der Waals surface area contributed by atoms with E-state index in [1.807, 2.05) is 12.1 Å². The van der Waals surface area contributed by atoms with Gasteiger partial charge in [0.25, 0.3) is 0 Å². The van der Waals surface area contributed by atoms with E-state index in [1.165, 1.54) is 12.8 Å². The van der Waals surface area contributed by atoms with E-state index in [-0.39, 0.29) is 16.8 Å². The van der Waals surface area contributed by atoms with Gasteiger partial charge >= 0.3 is 0 Å². The first-order valence-corrected chi connectivity index (χ1v) is 10.5. The Labute approximate surface area is 168 Å². The number of rotatable bonds is 3. The summed E-state index contributed by atoms with van der Waals surface area (Å²) in [5.41, 5.74) is 1.05. The van der Waals surface area contributed by atoms with Crippen LogP contribution in [0.15, 0.2) is 41.8 Å². The van der Waals surface area contributed by atoms with Crippen LogP contribution in [0.4, 0.5) is 0 Å². The molecule has 144 valence electrons. The largest absolute Gasteiger partial charge is 0.507 e. The lowest BCUT2D eigenvalue weighted by atomic mass is 9.88. The molecule has 2 aliphatic rings. The molecule has 0 aliphatic carbocycles. The van der Waals surface area contributed by atoms with Gasteiger partial charge in [0.1, 0.15) is 10.8 Å². The first-order chi connectivity index (χ1) is 13.4. The van der Waals surface area contributed by atoms with Crippen molar-refractivity contribution in [1.82, 2.24) is 25.5 Å². The second-order valence-corrected chi connectivity index (χ2v) is 9.93. The van der Waals surface area contributed by atoms with E-state index >= 15 is 0 Å². The fourth-order valence-corrected chi connectivity index (χ4v) is 6.23. The zero-order valence-electron chi connectivity index (χ0n) is 16.0. The minimum absolute atomic E-state index is 0.137. The van der Waals surface area contributed by atoms with Crippen molar-refractivity contribution in [3.8, 4) is 17.1 Å². The van der Waals surface area contributed by atoms with Crippen molar-refractivity contribution in [2.45, 2.75) is 60.9 Å². The van der Waals surface area contributed by atoms with E-state index in [0.29, 0.717) is 16.6 Å². The van der Waals surface area contributed by atoms with Gasteiger partial charge in [-0.3, -0.25) is 4.98 Å². The minimum Gasteiger partial charge on any atom is -0.507 e. The second kappa shape index (κ2) is 6.39. The number of benzene rings is 1. The molecule has 7 heteroatoms. The van der Waals surface area contributed by atoms with Crippen LogP contribution in [-0.2, 0) is 0 Å². The fraction of sp³-hybridized carbons (Fsp3) is 0.429. The summed E-state index contributed by atoms with van der Waals surface area (Å²) in [6.45, 7) is 4.66. The van der Waals surface area contributed by atoms with Gasteiger partial charge in [0, 0.05) is 34.1 Å². The lowest BCUT2D eigenvalue weighted by Crippen LogP contribution is -2.54. The zero-order chi connectivity index (χ0) is 19.4. The number of fused-ring (bicyclic) bond motifs is 3. The molecule has 6 nitrogen and oxygen atoms in total. The molecule has 2 fully saturated rings.